The average molecular weight is 392 g/mol. The number of esters is 1. The summed E-state index contributed by atoms with van der Waals surface area (Å²) in [5.74, 6) is 1.13. The molecule has 0 spiro atoms. The number of hydrogen-bond donors (Lipinski definition) is 0. The van der Waals surface area contributed by atoms with Crippen LogP contribution in [0.5, 0.6) is 0 Å². The maximum Gasteiger partial charge on any atom is 0.326 e. The summed E-state index contributed by atoms with van der Waals surface area (Å²) >= 11 is 1.64. The van der Waals surface area contributed by atoms with Crippen molar-refractivity contribution < 1.29 is 9.53 Å². The van der Waals surface area contributed by atoms with Crippen molar-refractivity contribution >= 4 is 27.5 Å². The minimum Gasteiger partial charge on any atom is -0.464 e. The van der Waals surface area contributed by atoms with Crippen molar-refractivity contribution in [1.29, 1.82) is 0 Å². The molecule has 27 heavy (non-hydrogen) atoms. The lowest BCUT2D eigenvalue weighted by molar-refractivity contribution is -0.145. The minimum atomic E-state index is -0.385. The van der Waals surface area contributed by atoms with Gasteiger partial charge in [0.25, 0.3) is 5.56 Å². The average Bonchev–Trinajstić information content (AvgIpc) is 2.93. The van der Waals surface area contributed by atoms with E-state index in [9.17, 15) is 9.59 Å². The van der Waals surface area contributed by atoms with Gasteiger partial charge in [0.15, 0.2) is 0 Å². The van der Waals surface area contributed by atoms with Gasteiger partial charge < -0.3 is 9.64 Å². The Morgan fingerprint density at radius 1 is 1.41 bits per heavy atom. The molecule has 3 rings (SSSR count). The molecule has 0 saturated carbocycles. The third-order valence-corrected chi connectivity index (χ3v) is 5.97. The first-order valence-corrected chi connectivity index (χ1v) is 10.4. The predicted molar refractivity (Wildman–Crippen MR) is 108 cm³/mol. The third-order valence-electron chi connectivity index (χ3n) is 4.82. The summed E-state index contributed by atoms with van der Waals surface area (Å²) in [6.45, 7) is 7.01. The van der Waals surface area contributed by atoms with Crippen LogP contribution < -0.4 is 5.56 Å². The SMILES string of the molecule is CC(C)COC(=O)Cn1c(CN(C)C)nc2sc3c(c2c1=O)CCC(C)C3. The van der Waals surface area contributed by atoms with E-state index in [4.69, 9.17) is 9.72 Å². The molecule has 2 aromatic rings. The molecule has 1 aliphatic carbocycles. The second kappa shape index (κ2) is 8.10. The van der Waals surface area contributed by atoms with Gasteiger partial charge in [0.05, 0.1) is 18.5 Å². The first kappa shape index (κ1) is 20.0. The summed E-state index contributed by atoms with van der Waals surface area (Å²) in [6.07, 6.45) is 3.02. The highest BCUT2D eigenvalue weighted by Gasteiger charge is 2.25. The van der Waals surface area contributed by atoms with Crippen LogP contribution in [0.1, 0.15) is 43.5 Å². The Kier molecular flexibility index (Phi) is 6.01. The molecule has 0 N–H and O–H groups in total. The molecule has 148 valence electrons. The highest BCUT2D eigenvalue weighted by Crippen LogP contribution is 2.35. The van der Waals surface area contributed by atoms with Gasteiger partial charge in [-0.25, -0.2) is 4.98 Å². The van der Waals surface area contributed by atoms with Gasteiger partial charge in [-0.3, -0.25) is 14.2 Å². The van der Waals surface area contributed by atoms with Gasteiger partial charge in [-0.2, -0.15) is 0 Å². The van der Waals surface area contributed by atoms with Gasteiger partial charge in [-0.05, 0) is 50.8 Å². The van der Waals surface area contributed by atoms with Gasteiger partial charge in [0.1, 0.15) is 17.2 Å². The normalized spacial score (nSPS) is 16.9. The summed E-state index contributed by atoms with van der Waals surface area (Å²) in [7, 11) is 3.86. The third kappa shape index (κ3) is 4.41. The summed E-state index contributed by atoms with van der Waals surface area (Å²) in [5, 5.41) is 0.709. The van der Waals surface area contributed by atoms with Crippen LogP contribution in [0.25, 0.3) is 10.2 Å². The molecule has 0 radical (unpaired) electrons. The van der Waals surface area contributed by atoms with Crippen LogP contribution in [-0.4, -0.2) is 41.1 Å². The van der Waals surface area contributed by atoms with E-state index in [1.165, 1.54) is 9.44 Å². The van der Waals surface area contributed by atoms with Gasteiger partial charge in [-0.15, -0.1) is 11.3 Å². The molecule has 6 nitrogen and oxygen atoms in total. The molecule has 0 saturated heterocycles. The number of nitrogens with zero attached hydrogens (tertiary/aromatic N) is 3. The lowest BCUT2D eigenvalue weighted by atomic mass is 9.89. The molecule has 1 aliphatic rings. The van der Waals surface area contributed by atoms with Gasteiger partial charge in [0, 0.05) is 4.88 Å². The topological polar surface area (TPSA) is 64.4 Å². The number of carbonyl (C=O) groups excluding carboxylic acids is 1. The van der Waals surface area contributed by atoms with E-state index in [0.717, 1.165) is 29.7 Å². The number of rotatable bonds is 6. The molecule has 2 aromatic heterocycles. The molecule has 0 aliphatic heterocycles. The molecule has 0 bridgehead atoms. The fraction of sp³-hybridized carbons (Fsp3) is 0.650. The number of fused-ring (bicyclic) bond motifs is 3. The molecule has 0 amide bonds. The highest BCUT2D eigenvalue weighted by molar-refractivity contribution is 7.18. The van der Waals surface area contributed by atoms with E-state index >= 15 is 0 Å². The van der Waals surface area contributed by atoms with Crippen molar-refractivity contribution in [3.63, 3.8) is 0 Å². The zero-order chi connectivity index (χ0) is 19.7. The second-order valence-corrected chi connectivity index (χ2v) is 9.35. The molecular weight excluding hydrogens is 362 g/mol. The van der Waals surface area contributed by atoms with Crippen molar-refractivity contribution in [3.8, 4) is 0 Å². The number of aryl methyl sites for hydroxylation is 1. The molecule has 0 fully saturated rings. The van der Waals surface area contributed by atoms with Crippen LogP contribution in [-0.2, 0) is 35.5 Å². The molecule has 1 atom stereocenters. The molecular formula is C20H29N3O3S. The Hall–Kier alpha value is -1.73. The maximum absolute atomic E-state index is 13.3. The van der Waals surface area contributed by atoms with Crippen molar-refractivity contribution in [3.05, 3.63) is 26.6 Å². The van der Waals surface area contributed by atoms with Crippen molar-refractivity contribution in [2.75, 3.05) is 20.7 Å². The second-order valence-electron chi connectivity index (χ2n) is 8.27. The summed E-state index contributed by atoms with van der Waals surface area (Å²) in [4.78, 5) is 34.4. The monoisotopic (exact) mass is 391 g/mol. The van der Waals surface area contributed by atoms with E-state index in [0.29, 0.717) is 30.3 Å². The summed E-state index contributed by atoms with van der Waals surface area (Å²) in [6, 6.07) is 0. The molecule has 2 heterocycles. The Bertz CT molecular complexity index is 898. The molecule has 0 aromatic carbocycles. The minimum absolute atomic E-state index is 0.0846. The Balaban J connectivity index is 2.05. The van der Waals surface area contributed by atoms with Crippen LogP contribution in [0, 0.1) is 11.8 Å². The zero-order valence-electron chi connectivity index (χ0n) is 16.9. The number of thiophene rings is 1. The number of ether oxygens (including phenoxy) is 1. The fourth-order valence-electron chi connectivity index (χ4n) is 3.47. The number of hydrogen-bond acceptors (Lipinski definition) is 6. The van der Waals surface area contributed by atoms with E-state index in [1.54, 1.807) is 11.3 Å². The zero-order valence-corrected chi connectivity index (χ0v) is 17.7. The summed E-state index contributed by atoms with van der Waals surface area (Å²) in [5.41, 5.74) is 1.04. The Morgan fingerprint density at radius 2 is 2.15 bits per heavy atom. The highest BCUT2D eigenvalue weighted by atomic mass is 32.1. The summed E-state index contributed by atoms with van der Waals surface area (Å²) < 4.78 is 6.82. The first-order chi connectivity index (χ1) is 12.8. The van der Waals surface area contributed by atoms with Crippen molar-refractivity contribution in [2.45, 2.75) is 53.1 Å². The van der Waals surface area contributed by atoms with Crippen molar-refractivity contribution in [2.24, 2.45) is 11.8 Å². The predicted octanol–water partition coefficient (Wildman–Crippen LogP) is 2.84. The van der Waals surface area contributed by atoms with Crippen LogP contribution >= 0.6 is 11.3 Å². The lowest BCUT2D eigenvalue weighted by Crippen LogP contribution is -2.32. The van der Waals surface area contributed by atoms with Crippen LogP contribution in [0.15, 0.2) is 4.79 Å². The quantitative estimate of drug-likeness (QED) is 0.709. The molecule has 7 heteroatoms. The molecule has 1 unspecified atom stereocenters. The van der Waals surface area contributed by atoms with Crippen LogP contribution in [0.4, 0.5) is 0 Å². The lowest BCUT2D eigenvalue weighted by Gasteiger charge is -2.18. The number of carbonyl (C=O) groups is 1. The van der Waals surface area contributed by atoms with Crippen molar-refractivity contribution in [1.82, 2.24) is 14.5 Å². The Labute approximate surface area is 164 Å². The number of aromatic nitrogens is 2. The van der Waals surface area contributed by atoms with Crippen LogP contribution in [0.3, 0.4) is 0 Å². The fourth-order valence-corrected chi connectivity index (χ4v) is 4.86. The standard InChI is InChI=1S/C20H29N3O3S/c1-12(2)11-26-17(24)10-23-16(9-22(4)5)21-19-18(20(23)25)14-7-6-13(3)8-15(14)27-19/h12-13H,6-11H2,1-5H3. The van der Waals surface area contributed by atoms with E-state index in [2.05, 4.69) is 6.92 Å². The van der Waals surface area contributed by atoms with Gasteiger partial charge >= 0.3 is 5.97 Å². The van der Waals surface area contributed by atoms with E-state index < -0.39 is 0 Å². The van der Waals surface area contributed by atoms with Crippen LogP contribution in [0.2, 0.25) is 0 Å². The first-order valence-electron chi connectivity index (χ1n) is 9.60. The smallest absolute Gasteiger partial charge is 0.326 e. The largest absolute Gasteiger partial charge is 0.464 e. The van der Waals surface area contributed by atoms with E-state index in [-0.39, 0.29) is 24.0 Å². The maximum atomic E-state index is 13.3. The van der Waals surface area contributed by atoms with Gasteiger partial charge in [-0.1, -0.05) is 20.8 Å². The van der Waals surface area contributed by atoms with Gasteiger partial charge in [0.2, 0.25) is 0 Å². The van der Waals surface area contributed by atoms with E-state index in [1.807, 2.05) is 32.8 Å². The Morgan fingerprint density at radius 3 is 2.81 bits per heavy atom.